The van der Waals surface area contributed by atoms with E-state index in [-0.39, 0.29) is 23.2 Å². The van der Waals surface area contributed by atoms with Crippen molar-refractivity contribution in [3.05, 3.63) is 64.5 Å². The molecule has 1 aliphatic rings. The van der Waals surface area contributed by atoms with Gasteiger partial charge >= 0.3 is 6.09 Å². The molecule has 0 unspecified atom stereocenters. The highest BCUT2D eigenvalue weighted by Crippen LogP contribution is 2.25. The number of likely N-dealkylation sites (tertiary alicyclic amines) is 1. The summed E-state index contributed by atoms with van der Waals surface area (Å²) in [6, 6.07) is 11.7. The summed E-state index contributed by atoms with van der Waals surface area (Å²) in [5.74, 6) is 0.519. The van der Waals surface area contributed by atoms with Crippen LogP contribution < -0.4 is 5.56 Å². The second-order valence-electron chi connectivity index (χ2n) is 8.52. The number of piperidine rings is 1. The number of hydrogen-bond acceptors (Lipinski definition) is 3. The van der Waals surface area contributed by atoms with Crippen LogP contribution in [0.15, 0.2) is 47.3 Å². The number of halogens is 1. The Balaban J connectivity index is 1.76. The molecule has 31 heavy (non-hydrogen) atoms. The summed E-state index contributed by atoms with van der Waals surface area (Å²) in [5.41, 5.74) is 2.16. The molecule has 1 aromatic heterocycles. The Morgan fingerprint density at radius 2 is 1.90 bits per heavy atom. The van der Waals surface area contributed by atoms with E-state index in [4.69, 9.17) is 4.98 Å². The predicted molar refractivity (Wildman–Crippen MR) is 118 cm³/mol. The van der Waals surface area contributed by atoms with Gasteiger partial charge in [-0.3, -0.25) is 9.36 Å². The van der Waals surface area contributed by atoms with E-state index in [1.807, 2.05) is 32.0 Å². The summed E-state index contributed by atoms with van der Waals surface area (Å²) in [5, 5.41) is 9.85. The molecule has 2 heterocycles. The SMILES string of the molecule is CC(C)c1nc2ccc(-c3ccc(F)cc3)cc2c(=O)n1C[C@H]1CCCN(C(=O)O)C1. The van der Waals surface area contributed by atoms with Crippen molar-refractivity contribution in [2.24, 2.45) is 5.92 Å². The molecular formula is C24H26FN3O3. The fourth-order valence-corrected chi connectivity index (χ4v) is 4.32. The van der Waals surface area contributed by atoms with Gasteiger partial charge in [-0.15, -0.1) is 0 Å². The third-order valence-corrected chi connectivity index (χ3v) is 5.91. The lowest BCUT2D eigenvalue weighted by molar-refractivity contribution is 0.116. The zero-order valence-electron chi connectivity index (χ0n) is 17.7. The van der Waals surface area contributed by atoms with Crippen LogP contribution in [0.3, 0.4) is 0 Å². The standard InChI is InChI=1S/C24H26FN3O3/c1-15(2)22-26-21-10-7-18(17-5-8-19(25)9-6-17)12-20(21)23(29)28(22)14-16-4-3-11-27(13-16)24(30)31/h5-10,12,15-16H,3-4,11,13-14H2,1-2H3,(H,30,31)/t16-/m0/s1. The van der Waals surface area contributed by atoms with Crippen molar-refractivity contribution in [2.75, 3.05) is 13.1 Å². The topological polar surface area (TPSA) is 75.4 Å². The molecule has 7 heteroatoms. The molecule has 0 spiro atoms. The largest absolute Gasteiger partial charge is 0.465 e. The molecule has 1 N–H and O–H groups in total. The lowest BCUT2D eigenvalue weighted by Crippen LogP contribution is -2.41. The Morgan fingerprint density at radius 3 is 2.58 bits per heavy atom. The van der Waals surface area contributed by atoms with Crippen LogP contribution >= 0.6 is 0 Å². The average molecular weight is 423 g/mol. The molecule has 0 radical (unpaired) electrons. The number of carboxylic acid groups (broad SMARTS) is 1. The lowest BCUT2D eigenvalue weighted by Gasteiger charge is -2.31. The minimum atomic E-state index is -0.915. The number of aromatic nitrogens is 2. The van der Waals surface area contributed by atoms with Gasteiger partial charge in [0.25, 0.3) is 5.56 Å². The van der Waals surface area contributed by atoms with E-state index in [0.717, 1.165) is 24.0 Å². The van der Waals surface area contributed by atoms with E-state index in [9.17, 15) is 19.1 Å². The molecule has 6 nitrogen and oxygen atoms in total. The second-order valence-corrected chi connectivity index (χ2v) is 8.52. The molecule has 0 bridgehead atoms. The third-order valence-electron chi connectivity index (χ3n) is 5.91. The van der Waals surface area contributed by atoms with E-state index in [1.165, 1.54) is 17.0 Å². The quantitative estimate of drug-likeness (QED) is 0.659. The van der Waals surface area contributed by atoms with Crippen LogP contribution in [0.4, 0.5) is 9.18 Å². The molecule has 1 amide bonds. The third kappa shape index (κ3) is 4.31. The van der Waals surface area contributed by atoms with Crippen molar-refractivity contribution < 1.29 is 14.3 Å². The van der Waals surface area contributed by atoms with E-state index >= 15 is 0 Å². The van der Waals surface area contributed by atoms with E-state index < -0.39 is 6.09 Å². The number of carbonyl (C=O) groups is 1. The smallest absolute Gasteiger partial charge is 0.407 e. The highest BCUT2D eigenvalue weighted by atomic mass is 19.1. The van der Waals surface area contributed by atoms with Gasteiger partial charge in [0.2, 0.25) is 0 Å². The first-order valence-electron chi connectivity index (χ1n) is 10.6. The number of fused-ring (bicyclic) bond motifs is 1. The minimum absolute atomic E-state index is 0.0491. The maximum absolute atomic E-state index is 13.5. The van der Waals surface area contributed by atoms with Gasteiger partial charge in [-0.1, -0.05) is 32.0 Å². The molecule has 1 aliphatic heterocycles. The van der Waals surface area contributed by atoms with Gasteiger partial charge in [0.15, 0.2) is 0 Å². The van der Waals surface area contributed by atoms with Gasteiger partial charge in [-0.2, -0.15) is 0 Å². The first-order valence-corrected chi connectivity index (χ1v) is 10.6. The Hall–Kier alpha value is -3.22. The molecule has 4 rings (SSSR count). The normalized spacial score (nSPS) is 16.8. The maximum Gasteiger partial charge on any atom is 0.407 e. The highest BCUT2D eigenvalue weighted by Gasteiger charge is 2.25. The molecule has 2 aromatic carbocycles. The van der Waals surface area contributed by atoms with Crippen LogP contribution in [0.1, 0.15) is 38.4 Å². The second kappa shape index (κ2) is 8.49. The summed E-state index contributed by atoms with van der Waals surface area (Å²) < 4.78 is 15.0. The van der Waals surface area contributed by atoms with Gasteiger partial charge < -0.3 is 10.0 Å². The number of amides is 1. The number of rotatable bonds is 4. The fraction of sp³-hybridized carbons (Fsp3) is 0.375. The van der Waals surface area contributed by atoms with Gasteiger partial charge in [0, 0.05) is 25.6 Å². The van der Waals surface area contributed by atoms with Crippen LogP contribution in [-0.2, 0) is 6.54 Å². The van der Waals surface area contributed by atoms with Crippen molar-refractivity contribution in [1.29, 1.82) is 0 Å². The van der Waals surface area contributed by atoms with Crippen molar-refractivity contribution in [3.63, 3.8) is 0 Å². The molecule has 1 saturated heterocycles. The summed E-state index contributed by atoms with van der Waals surface area (Å²) in [4.78, 5) is 31.1. The Morgan fingerprint density at radius 1 is 1.19 bits per heavy atom. The Kier molecular flexibility index (Phi) is 5.76. The zero-order valence-corrected chi connectivity index (χ0v) is 17.7. The van der Waals surface area contributed by atoms with Gasteiger partial charge in [-0.25, -0.2) is 14.2 Å². The van der Waals surface area contributed by atoms with Crippen LogP contribution in [0.2, 0.25) is 0 Å². The van der Waals surface area contributed by atoms with E-state index in [2.05, 4.69) is 0 Å². The molecule has 3 aromatic rings. The van der Waals surface area contributed by atoms with E-state index in [1.54, 1.807) is 16.7 Å². The minimum Gasteiger partial charge on any atom is -0.465 e. The van der Waals surface area contributed by atoms with Crippen molar-refractivity contribution >= 4 is 17.0 Å². The Bertz CT molecular complexity index is 1170. The maximum atomic E-state index is 13.5. The first-order chi connectivity index (χ1) is 14.8. The van der Waals surface area contributed by atoms with Crippen LogP contribution in [0.25, 0.3) is 22.0 Å². The molecule has 162 valence electrons. The first kappa shape index (κ1) is 21.0. The number of nitrogens with zero attached hydrogens (tertiary/aromatic N) is 3. The van der Waals surface area contributed by atoms with Gasteiger partial charge in [-0.05, 0) is 54.2 Å². The van der Waals surface area contributed by atoms with Crippen molar-refractivity contribution in [2.45, 2.75) is 39.2 Å². The summed E-state index contributed by atoms with van der Waals surface area (Å²) in [6.45, 7) is 5.41. The molecular weight excluding hydrogens is 397 g/mol. The predicted octanol–water partition coefficient (Wildman–Crippen LogP) is 4.72. The number of hydrogen-bond donors (Lipinski definition) is 1. The monoisotopic (exact) mass is 423 g/mol. The Labute approximate surface area is 180 Å². The van der Waals surface area contributed by atoms with Crippen LogP contribution in [-0.4, -0.2) is 38.7 Å². The van der Waals surface area contributed by atoms with Crippen molar-refractivity contribution in [3.8, 4) is 11.1 Å². The fourth-order valence-electron chi connectivity index (χ4n) is 4.32. The van der Waals surface area contributed by atoms with Gasteiger partial charge in [0.1, 0.15) is 11.6 Å². The molecule has 0 saturated carbocycles. The van der Waals surface area contributed by atoms with Crippen molar-refractivity contribution in [1.82, 2.24) is 14.5 Å². The summed E-state index contributed by atoms with van der Waals surface area (Å²) >= 11 is 0. The molecule has 0 aliphatic carbocycles. The molecule has 1 fully saturated rings. The van der Waals surface area contributed by atoms with E-state index in [0.29, 0.717) is 36.4 Å². The van der Waals surface area contributed by atoms with Gasteiger partial charge in [0.05, 0.1) is 10.9 Å². The zero-order chi connectivity index (χ0) is 22.1. The summed E-state index contributed by atoms with van der Waals surface area (Å²) in [6.07, 6.45) is 0.751. The van der Waals surface area contributed by atoms with Crippen LogP contribution in [0.5, 0.6) is 0 Å². The lowest BCUT2D eigenvalue weighted by atomic mass is 9.97. The average Bonchev–Trinajstić information content (AvgIpc) is 2.76. The highest BCUT2D eigenvalue weighted by molar-refractivity contribution is 5.84. The van der Waals surface area contributed by atoms with Crippen LogP contribution in [0, 0.1) is 11.7 Å². The summed E-state index contributed by atoms with van der Waals surface area (Å²) in [7, 11) is 0. The molecule has 1 atom stereocenters. The number of benzene rings is 2.